The Morgan fingerprint density at radius 2 is 1.50 bits per heavy atom. The molecule has 0 radical (unpaired) electrons. The Bertz CT molecular complexity index is 767. The average Bonchev–Trinajstić information content (AvgIpc) is 2.99. The van der Waals surface area contributed by atoms with E-state index >= 15 is 0 Å². The average molecular weight is 405 g/mol. The van der Waals surface area contributed by atoms with Gasteiger partial charge in [0.1, 0.15) is 6.61 Å². The molecule has 28 heavy (non-hydrogen) atoms. The van der Waals surface area contributed by atoms with Crippen LogP contribution in [0.15, 0.2) is 48.5 Å². The second kappa shape index (κ2) is 10.7. The first-order chi connectivity index (χ1) is 13.2. The highest BCUT2D eigenvalue weighted by atomic mass is 35.5. The van der Waals surface area contributed by atoms with Crippen molar-refractivity contribution >= 4 is 24.5 Å². The number of carbonyl (C=O) groups excluding carboxylic acids is 1. The fraction of sp³-hybridized carbons (Fsp3) is 0.333. The van der Waals surface area contributed by atoms with Crippen LogP contribution in [0.25, 0.3) is 11.1 Å². The summed E-state index contributed by atoms with van der Waals surface area (Å²) in [7, 11) is 0. The van der Waals surface area contributed by atoms with Crippen molar-refractivity contribution in [3.05, 3.63) is 59.7 Å². The number of benzene rings is 2. The van der Waals surface area contributed by atoms with Crippen LogP contribution in [0, 0.1) is 0 Å². The Morgan fingerprint density at radius 3 is 2.11 bits per heavy atom. The first-order valence-corrected chi connectivity index (χ1v) is 9.18. The van der Waals surface area contributed by atoms with Gasteiger partial charge in [-0.2, -0.15) is 0 Å². The second-order valence-electron chi connectivity index (χ2n) is 6.53. The third kappa shape index (κ3) is 5.47. The summed E-state index contributed by atoms with van der Waals surface area (Å²) in [6, 6.07) is 16.5. The van der Waals surface area contributed by atoms with E-state index in [1.807, 2.05) is 24.3 Å². The minimum atomic E-state index is -0.869. The van der Waals surface area contributed by atoms with Crippen LogP contribution >= 0.6 is 12.4 Å². The van der Waals surface area contributed by atoms with Gasteiger partial charge in [-0.25, -0.2) is 4.79 Å². The summed E-state index contributed by atoms with van der Waals surface area (Å²) in [5, 5.41) is 14.1. The van der Waals surface area contributed by atoms with Crippen molar-refractivity contribution in [1.29, 1.82) is 0 Å². The molecule has 6 nitrogen and oxygen atoms in total. The van der Waals surface area contributed by atoms with Gasteiger partial charge in [-0.15, -0.1) is 12.4 Å². The zero-order valence-electron chi connectivity index (χ0n) is 15.5. The molecule has 0 unspecified atom stereocenters. The van der Waals surface area contributed by atoms with Crippen molar-refractivity contribution < 1.29 is 19.4 Å². The third-order valence-corrected chi connectivity index (χ3v) is 4.67. The zero-order chi connectivity index (χ0) is 19.1. The van der Waals surface area contributed by atoms with Crippen LogP contribution in [0.2, 0.25) is 0 Å². The highest BCUT2D eigenvalue weighted by Crippen LogP contribution is 2.44. The van der Waals surface area contributed by atoms with E-state index in [1.165, 1.54) is 22.3 Å². The molecular formula is C21H25ClN2O4. The molecule has 0 saturated carbocycles. The lowest BCUT2D eigenvalue weighted by Gasteiger charge is -2.14. The summed E-state index contributed by atoms with van der Waals surface area (Å²) in [5.41, 5.74) is 4.79. The Morgan fingerprint density at radius 1 is 0.929 bits per heavy atom. The Hall–Kier alpha value is -2.57. The predicted molar refractivity (Wildman–Crippen MR) is 110 cm³/mol. The summed E-state index contributed by atoms with van der Waals surface area (Å²) in [6.07, 6.45) is 1.13. The van der Waals surface area contributed by atoms with E-state index in [4.69, 9.17) is 9.84 Å². The van der Waals surface area contributed by atoms with Crippen molar-refractivity contribution in [2.24, 2.45) is 0 Å². The van der Waals surface area contributed by atoms with Gasteiger partial charge in [0.15, 0.2) is 0 Å². The SMILES string of the molecule is Cl.O=C(O)CNCCCCNC(=O)OCC1c2ccccc2-c2ccccc21. The molecule has 0 aromatic heterocycles. The van der Waals surface area contributed by atoms with Gasteiger partial charge in [0.2, 0.25) is 0 Å². The normalized spacial score (nSPS) is 11.9. The number of rotatable bonds is 9. The van der Waals surface area contributed by atoms with E-state index in [9.17, 15) is 9.59 Å². The van der Waals surface area contributed by atoms with Gasteiger partial charge >= 0.3 is 12.1 Å². The topological polar surface area (TPSA) is 87.7 Å². The Balaban J connectivity index is 0.00000280. The number of carboxylic acids is 1. The number of unbranched alkanes of at least 4 members (excludes halogenated alkanes) is 1. The number of hydrogen-bond acceptors (Lipinski definition) is 4. The van der Waals surface area contributed by atoms with E-state index in [0.29, 0.717) is 19.7 Å². The number of fused-ring (bicyclic) bond motifs is 3. The molecule has 2 aromatic rings. The molecular weight excluding hydrogens is 380 g/mol. The van der Waals surface area contributed by atoms with E-state index < -0.39 is 12.1 Å². The number of halogens is 1. The number of hydrogen-bond donors (Lipinski definition) is 3. The van der Waals surface area contributed by atoms with Gasteiger partial charge in [0.05, 0.1) is 6.54 Å². The highest BCUT2D eigenvalue weighted by molar-refractivity contribution is 5.85. The van der Waals surface area contributed by atoms with E-state index in [0.717, 1.165) is 12.8 Å². The van der Waals surface area contributed by atoms with Gasteiger partial charge in [-0.1, -0.05) is 48.5 Å². The molecule has 0 spiro atoms. The number of alkyl carbamates (subject to hydrolysis) is 1. The van der Waals surface area contributed by atoms with Crippen molar-refractivity contribution in [3.63, 3.8) is 0 Å². The van der Waals surface area contributed by atoms with Crippen LogP contribution in [-0.4, -0.2) is 43.4 Å². The Labute approximate surface area is 170 Å². The van der Waals surface area contributed by atoms with Crippen LogP contribution in [0.3, 0.4) is 0 Å². The number of carbonyl (C=O) groups is 2. The molecule has 0 aliphatic heterocycles. The molecule has 150 valence electrons. The molecule has 1 aliphatic carbocycles. The molecule has 0 atom stereocenters. The van der Waals surface area contributed by atoms with E-state index in [-0.39, 0.29) is 24.9 Å². The number of amides is 1. The monoisotopic (exact) mass is 404 g/mol. The van der Waals surface area contributed by atoms with Crippen LogP contribution in [-0.2, 0) is 9.53 Å². The molecule has 3 rings (SSSR count). The molecule has 2 aromatic carbocycles. The second-order valence-corrected chi connectivity index (χ2v) is 6.53. The summed E-state index contributed by atoms with van der Waals surface area (Å²) in [4.78, 5) is 22.4. The van der Waals surface area contributed by atoms with E-state index in [2.05, 4.69) is 34.9 Å². The van der Waals surface area contributed by atoms with Gasteiger partial charge < -0.3 is 20.5 Å². The molecule has 0 heterocycles. The Kier molecular flexibility index (Phi) is 8.29. The fourth-order valence-electron chi connectivity index (χ4n) is 3.41. The van der Waals surface area contributed by atoms with Crippen LogP contribution < -0.4 is 10.6 Å². The van der Waals surface area contributed by atoms with Crippen molar-refractivity contribution in [3.8, 4) is 11.1 Å². The first kappa shape index (κ1) is 21.7. The number of carboxylic acid groups (broad SMARTS) is 1. The lowest BCUT2D eigenvalue weighted by molar-refractivity contribution is -0.135. The fourth-order valence-corrected chi connectivity index (χ4v) is 3.41. The number of ether oxygens (including phenoxy) is 1. The molecule has 0 saturated heterocycles. The highest BCUT2D eigenvalue weighted by Gasteiger charge is 2.28. The minimum absolute atomic E-state index is 0. The lowest BCUT2D eigenvalue weighted by atomic mass is 9.98. The summed E-state index contributed by atoms with van der Waals surface area (Å²) in [5.74, 6) is -0.810. The van der Waals surface area contributed by atoms with Crippen LogP contribution in [0.1, 0.15) is 29.9 Å². The zero-order valence-corrected chi connectivity index (χ0v) is 16.3. The number of nitrogens with one attached hydrogen (secondary N) is 2. The first-order valence-electron chi connectivity index (χ1n) is 9.18. The quantitative estimate of drug-likeness (QED) is 0.557. The maximum absolute atomic E-state index is 12.0. The van der Waals surface area contributed by atoms with Gasteiger partial charge in [-0.3, -0.25) is 4.79 Å². The maximum Gasteiger partial charge on any atom is 0.407 e. The van der Waals surface area contributed by atoms with Gasteiger partial charge in [0.25, 0.3) is 0 Å². The van der Waals surface area contributed by atoms with Crippen molar-refractivity contribution in [2.45, 2.75) is 18.8 Å². The molecule has 1 aliphatic rings. The van der Waals surface area contributed by atoms with Crippen molar-refractivity contribution in [2.75, 3.05) is 26.2 Å². The van der Waals surface area contributed by atoms with Gasteiger partial charge in [0, 0.05) is 12.5 Å². The standard InChI is InChI=1S/C21H24N2O4.ClH/c24-20(25)13-22-11-5-6-12-23-21(26)27-14-19-17-9-3-1-7-15(17)16-8-2-4-10-18(16)19;/h1-4,7-10,19,22H,5-6,11-14H2,(H,23,26)(H,24,25);1H. The van der Waals surface area contributed by atoms with Crippen LogP contribution in [0.5, 0.6) is 0 Å². The third-order valence-electron chi connectivity index (χ3n) is 4.67. The summed E-state index contributed by atoms with van der Waals surface area (Å²) < 4.78 is 5.46. The smallest absolute Gasteiger partial charge is 0.407 e. The van der Waals surface area contributed by atoms with Crippen LogP contribution in [0.4, 0.5) is 4.79 Å². The molecule has 3 N–H and O–H groups in total. The molecule has 0 bridgehead atoms. The largest absolute Gasteiger partial charge is 0.480 e. The van der Waals surface area contributed by atoms with Crippen molar-refractivity contribution in [1.82, 2.24) is 10.6 Å². The molecule has 0 fully saturated rings. The molecule has 1 amide bonds. The lowest BCUT2D eigenvalue weighted by Crippen LogP contribution is -2.28. The van der Waals surface area contributed by atoms with Gasteiger partial charge in [-0.05, 0) is 41.6 Å². The predicted octanol–water partition coefficient (Wildman–Crippen LogP) is 3.40. The minimum Gasteiger partial charge on any atom is -0.480 e. The maximum atomic E-state index is 12.0. The summed E-state index contributed by atoms with van der Waals surface area (Å²) >= 11 is 0. The van der Waals surface area contributed by atoms with E-state index in [1.54, 1.807) is 0 Å². The number of aliphatic carboxylic acids is 1. The molecule has 7 heteroatoms. The summed E-state index contributed by atoms with van der Waals surface area (Å²) in [6.45, 7) is 1.38.